The van der Waals surface area contributed by atoms with Gasteiger partial charge in [-0.05, 0) is 84.9 Å². The number of ether oxygens (including phenoxy) is 13. The van der Waals surface area contributed by atoms with Crippen molar-refractivity contribution in [3.63, 3.8) is 0 Å². The van der Waals surface area contributed by atoms with Gasteiger partial charge < -0.3 is 108 Å². The number of phenols is 2. The summed E-state index contributed by atoms with van der Waals surface area (Å²) in [6, 6.07) is 3.19. The minimum atomic E-state index is -1.53. The molecule has 26 atom stereocenters. The molecule has 6 aliphatic rings. The van der Waals surface area contributed by atoms with Gasteiger partial charge in [-0.15, -0.1) is 0 Å². The summed E-state index contributed by atoms with van der Waals surface area (Å²) in [5.41, 5.74) is -1.22. The lowest BCUT2D eigenvalue weighted by molar-refractivity contribution is -0.334. The van der Waals surface area contributed by atoms with Gasteiger partial charge in [0.25, 0.3) is 0 Å². The van der Waals surface area contributed by atoms with Crippen LogP contribution in [-0.4, -0.2) is 218 Å². The summed E-state index contributed by atoms with van der Waals surface area (Å²) in [5.74, 6) is -4.50. The van der Waals surface area contributed by atoms with E-state index in [-0.39, 0.29) is 66.2 Å². The second-order valence-electron chi connectivity index (χ2n) is 23.4. The predicted molar refractivity (Wildman–Crippen MR) is 282 cm³/mol. The highest BCUT2D eigenvalue weighted by Crippen LogP contribution is 2.48. The number of benzene rings is 2. The maximum absolute atomic E-state index is 15.2. The van der Waals surface area contributed by atoms with E-state index in [0.29, 0.717) is 5.56 Å². The average Bonchev–Trinajstić information content (AvgIpc) is 2.83. The summed E-state index contributed by atoms with van der Waals surface area (Å²) >= 11 is 0. The van der Waals surface area contributed by atoms with E-state index >= 15 is 4.79 Å². The Morgan fingerprint density at radius 2 is 1.21 bits per heavy atom. The molecule has 0 saturated carbocycles. The fourth-order valence-electron chi connectivity index (χ4n) is 12.6. The summed E-state index contributed by atoms with van der Waals surface area (Å²) in [6.07, 6.45) is -24.4. The Balaban J connectivity index is 1.04. The van der Waals surface area contributed by atoms with Gasteiger partial charge in [0.05, 0.1) is 78.1 Å². The molecule has 5 saturated heterocycles. The van der Waals surface area contributed by atoms with Gasteiger partial charge in [-0.25, -0.2) is 0 Å². The Morgan fingerprint density at radius 3 is 1.77 bits per heavy atom. The van der Waals surface area contributed by atoms with Crippen molar-refractivity contribution in [2.45, 2.75) is 262 Å². The highest BCUT2D eigenvalue weighted by atomic mass is 16.7. The smallest absolute Gasteiger partial charge is 0.303 e. The van der Waals surface area contributed by atoms with E-state index in [1.165, 1.54) is 34.8 Å². The molecule has 5 aliphatic heterocycles. The van der Waals surface area contributed by atoms with Crippen molar-refractivity contribution < 1.29 is 122 Å². The normalized spacial score (nSPS) is 40.5. The largest absolute Gasteiger partial charge is 0.507 e. The third-order valence-corrected chi connectivity index (χ3v) is 17.0. The summed E-state index contributed by atoms with van der Waals surface area (Å²) in [4.78, 5) is 39.2. The molecule has 5 heterocycles. The van der Waals surface area contributed by atoms with Crippen LogP contribution in [0.2, 0.25) is 0 Å². The number of fused-ring (bicyclic) bond motifs is 2. The molecular weight excluding hydrogens is 1080 g/mol. The second-order valence-corrected chi connectivity index (χ2v) is 23.4. The Morgan fingerprint density at radius 1 is 0.683 bits per heavy atom. The fraction of sp³-hybridized carbons (Fsp3) is 0.772. The number of aromatic hydroxyl groups is 2. The lowest BCUT2D eigenvalue weighted by Crippen LogP contribution is -2.59. The number of aliphatic hydroxyl groups is 7. The molecule has 1 aliphatic carbocycles. The lowest BCUT2D eigenvalue weighted by atomic mass is 9.72. The SMILES string of the molecule is CO[C@H]([C@H](C)[C@H](O)[C@H](C)O)[C@H]1Cc2cc3cc(O[C@H]4C[C@H](O[C@H]5C[C@@H](O)[C@@H](O)[C@@H](C)O5)[C@@H](OC(C)=O)[C@@H](C)O4)c(C)c(O)c3c(O)c2C(=O)[C@H]1O[C@H]1C[C@@H](O[C@H]2C[C@@H](O[C@H]3C[C@](C)(O)[C@H](OC(C)=O)[C@@H](C)O3)[C@@H](O)[C@@H](C)O2)[C@@H](O)[C@@H](C)O1. The zero-order chi connectivity index (χ0) is 60.1. The van der Waals surface area contributed by atoms with Crippen LogP contribution in [0, 0.1) is 18.8 Å². The van der Waals surface area contributed by atoms with Crippen LogP contribution in [0.4, 0.5) is 0 Å². The van der Waals surface area contributed by atoms with E-state index in [4.69, 9.17) is 61.6 Å². The Labute approximate surface area is 475 Å². The number of phenolic OH excluding ortho intramolecular Hbond substituents is 2. The van der Waals surface area contributed by atoms with Gasteiger partial charge in [-0.3, -0.25) is 14.4 Å². The molecule has 25 nitrogen and oxygen atoms in total. The highest BCUT2D eigenvalue weighted by Gasteiger charge is 2.52. The third-order valence-electron chi connectivity index (χ3n) is 17.0. The Hall–Kier alpha value is -3.97. The van der Waals surface area contributed by atoms with Crippen LogP contribution in [0.1, 0.15) is 123 Å². The van der Waals surface area contributed by atoms with Crippen LogP contribution < -0.4 is 4.74 Å². The molecule has 0 bridgehead atoms. The number of hydrogen-bond acceptors (Lipinski definition) is 25. The number of methoxy groups -OCH3 is 1. The number of hydrogen-bond donors (Lipinski definition) is 9. The monoisotopic (exact) mass is 1170 g/mol. The molecule has 462 valence electrons. The molecule has 2 aromatic rings. The fourth-order valence-corrected chi connectivity index (χ4v) is 12.6. The Bertz CT molecular complexity index is 2550. The van der Waals surface area contributed by atoms with Gasteiger partial charge in [0.2, 0.25) is 6.29 Å². The van der Waals surface area contributed by atoms with Gasteiger partial charge in [0, 0.05) is 70.5 Å². The molecule has 9 N–H and O–H groups in total. The highest BCUT2D eigenvalue weighted by molar-refractivity contribution is 6.11. The van der Waals surface area contributed by atoms with Crippen LogP contribution in [-0.2, 0) is 72.9 Å². The predicted octanol–water partition coefficient (Wildman–Crippen LogP) is 1.96. The molecule has 82 heavy (non-hydrogen) atoms. The molecule has 0 aromatic heterocycles. The van der Waals surface area contributed by atoms with Crippen molar-refractivity contribution in [2.75, 3.05) is 7.11 Å². The number of carbonyl (C=O) groups is 3. The van der Waals surface area contributed by atoms with Crippen molar-refractivity contribution in [1.29, 1.82) is 0 Å². The summed E-state index contributed by atoms with van der Waals surface area (Å²) in [6.45, 7) is 16.7. The van der Waals surface area contributed by atoms with Crippen molar-refractivity contribution >= 4 is 28.5 Å². The molecule has 25 heteroatoms. The number of rotatable bonds is 17. The zero-order valence-corrected chi connectivity index (χ0v) is 48.4. The molecule has 0 radical (unpaired) electrons. The molecule has 2 aromatic carbocycles. The number of aliphatic hydroxyl groups excluding tert-OH is 6. The minimum Gasteiger partial charge on any atom is -0.507 e. The van der Waals surface area contributed by atoms with Gasteiger partial charge in [-0.2, -0.15) is 0 Å². The standard InChI is InChI=1S/C57H84O25/c1-21-35(78-41-19-38(54(27(7)74-41)76-29(9)59)81-39-16-34(61)48(64)24(4)71-39)15-32-13-31-14-33(53(70-12)22(2)46(62)23(3)58)55(52(68)45(31)51(67)44(32)47(21)63)82-42-18-36(49(65)26(6)73-42)79-40-17-37(50(66)25(5)72-40)80-43-20-57(11,69)56(28(8)75-43)77-30(10)60/h13,15,22-28,33-34,36-43,46,48-50,53-56,58,61-67,69H,14,16-20H2,1-12H3/t22-,23+,24-,25-,26-,27-,28-,33-,34-,36-,37-,38+,39+,40+,41+,42+,43+,46+,48+,49+,50+,53-,54+,55+,56-,57+/m1/s1. The number of ketones is 1. The first kappa shape index (κ1) is 64.0. The molecule has 0 unspecified atom stereocenters. The molecule has 0 spiro atoms. The van der Waals surface area contributed by atoms with Gasteiger partial charge in [-0.1, -0.05) is 6.92 Å². The molecule has 8 rings (SSSR count). The van der Waals surface area contributed by atoms with Crippen molar-refractivity contribution in [3.8, 4) is 17.2 Å². The summed E-state index contributed by atoms with van der Waals surface area (Å²) in [5, 5.41) is 101. The first-order valence-electron chi connectivity index (χ1n) is 28.3. The van der Waals surface area contributed by atoms with E-state index in [1.54, 1.807) is 60.6 Å². The summed E-state index contributed by atoms with van der Waals surface area (Å²) < 4.78 is 79.2. The van der Waals surface area contributed by atoms with Crippen LogP contribution in [0.25, 0.3) is 10.8 Å². The Kier molecular flexibility index (Phi) is 20.3. The first-order valence-corrected chi connectivity index (χ1v) is 28.3. The van der Waals surface area contributed by atoms with Gasteiger partial charge in [0.15, 0.2) is 43.2 Å². The minimum absolute atomic E-state index is 0.0193. The third kappa shape index (κ3) is 13.7. The van der Waals surface area contributed by atoms with Crippen molar-refractivity contribution in [3.05, 3.63) is 28.8 Å². The maximum Gasteiger partial charge on any atom is 0.303 e. The van der Waals surface area contributed by atoms with Gasteiger partial charge in [0.1, 0.15) is 53.4 Å². The average molecular weight is 1170 g/mol. The van der Waals surface area contributed by atoms with Crippen LogP contribution in [0.15, 0.2) is 12.1 Å². The number of esters is 2. The number of Topliss-reactive ketones (excluding diaryl/α,β-unsaturated/α-hetero) is 1. The molecular formula is C57H84O25. The lowest BCUT2D eigenvalue weighted by Gasteiger charge is -2.46. The summed E-state index contributed by atoms with van der Waals surface area (Å²) in [7, 11) is 1.39. The van der Waals surface area contributed by atoms with E-state index in [2.05, 4.69) is 0 Å². The van der Waals surface area contributed by atoms with E-state index in [9.17, 15) is 55.5 Å². The van der Waals surface area contributed by atoms with Crippen molar-refractivity contribution in [2.24, 2.45) is 11.8 Å². The zero-order valence-electron chi connectivity index (χ0n) is 48.4. The first-order chi connectivity index (χ1) is 38.5. The van der Waals surface area contributed by atoms with E-state index in [0.717, 1.165) is 0 Å². The quantitative estimate of drug-likeness (QED) is 0.102. The van der Waals surface area contributed by atoms with Crippen molar-refractivity contribution in [1.82, 2.24) is 0 Å². The molecule has 5 fully saturated rings. The van der Waals surface area contributed by atoms with Crippen LogP contribution in [0.5, 0.6) is 17.2 Å². The van der Waals surface area contributed by atoms with Gasteiger partial charge >= 0.3 is 11.9 Å². The van der Waals surface area contributed by atoms with Crippen LogP contribution in [0.3, 0.4) is 0 Å². The van der Waals surface area contributed by atoms with E-state index in [1.807, 2.05) is 0 Å². The van der Waals surface area contributed by atoms with Crippen LogP contribution >= 0.6 is 0 Å². The number of carbonyl (C=O) groups excluding carboxylic acids is 3. The van der Waals surface area contributed by atoms with E-state index < -0.39 is 188 Å². The maximum atomic E-state index is 15.2. The topological polar surface area (TPSA) is 353 Å². The molecule has 0 amide bonds. The second kappa shape index (κ2) is 25.9.